The molecule has 1 atom stereocenters. The molecule has 3 aromatic carbocycles. The molecule has 0 saturated carbocycles. The first-order valence-corrected chi connectivity index (χ1v) is 12.2. The molecule has 0 aliphatic carbocycles. The van der Waals surface area contributed by atoms with Crippen molar-refractivity contribution in [1.82, 2.24) is 0 Å². The zero-order chi connectivity index (χ0) is 24.5. The first-order chi connectivity index (χ1) is 15.5. The lowest BCUT2D eigenvalue weighted by Gasteiger charge is -2.24. The average molecular weight is 472 g/mol. The Hall–Kier alpha value is -2.71. The van der Waals surface area contributed by atoms with Crippen LogP contribution >= 0.6 is 0 Å². The maximum Gasteiger partial charge on any atom is 0.125 e. The van der Waals surface area contributed by atoms with Crippen LogP contribution in [0.4, 0.5) is 0 Å². The van der Waals surface area contributed by atoms with Gasteiger partial charge in [0.05, 0.1) is 39.2 Å². The third kappa shape index (κ3) is 9.35. The Labute approximate surface area is 197 Å². The average Bonchev–Trinajstić information content (AvgIpc) is 2.77. The predicted octanol–water partition coefficient (Wildman–Crippen LogP) is 4.14. The van der Waals surface area contributed by atoms with Gasteiger partial charge in [0.2, 0.25) is 0 Å². The van der Waals surface area contributed by atoms with E-state index in [4.69, 9.17) is 4.74 Å². The molecule has 0 saturated heterocycles. The van der Waals surface area contributed by atoms with E-state index in [0.717, 1.165) is 39.9 Å². The molecule has 3 aromatic rings. The number of ether oxygens (including phenoxy) is 1. The molecule has 1 unspecified atom stereocenters. The minimum absolute atomic E-state index is 0.178. The second-order valence-corrected chi connectivity index (χ2v) is 10.2. The second-order valence-electron chi connectivity index (χ2n) is 8.83. The predicted molar refractivity (Wildman–Crippen MR) is 129 cm³/mol. The Morgan fingerprint density at radius 2 is 1.48 bits per heavy atom. The minimum Gasteiger partial charge on any atom is -0.744 e. The summed E-state index contributed by atoms with van der Waals surface area (Å²) in [5, 5.41) is 10.6. The molecular weight excluding hydrogens is 438 g/mol. The van der Waals surface area contributed by atoms with E-state index in [1.54, 1.807) is 12.1 Å². The SMILES string of the molecule is C[N+](C)(C)CCCOc1ccccc1C(O)c1ccccc1.Cc1ccc(S(=O)(=O)[O-])cc1. The normalized spacial score (nSPS) is 12.4. The molecule has 178 valence electrons. The molecule has 33 heavy (non-hydrogen) atoms. The summed E-state index contributed by atoms with van der Waals surface area (Å²) in [6, 6.07) is 23.2. The molecule has 0 radical (unpaired) electrons. The molecule has 0 bridgehead atoms. The number of hydrogen-bond acceptors (Lipinski definition) is 5. The third-order valence-electron chi connectivity index (χ3n) is 4.87. The lowest BCUT2D eigenvalue weighted by molar-refractivity contribution is -0.870. The van der Waals surface area contributed by atoms with Gasteiger partial charge in [-0.25, -0.2) is 8.42 Å². The van der Waals surface area contributed by atoms with Gasteiger partial charge < -0.3 is 18.9 Å². The molecule has 0 amide bonds. The molecule has 0 fully saturated rings. The largest absolute Gasteiger partial charge is 0.744 e. The number of quaternary nitrogens is 1. The van der Waals surface area contributed by atoms with E-state index in [2.05, 4.69) is 21.1 Å². The number of aliphatic hydroxyl groups is 1. The molecule has 0 heterocycles. The van der Waals surface area contributed by atoms with Crippen molar-refractivity contribution in [2.75, 3.05) is 34.3 Å². The van der Waals surface area contributed by atoms with E-state index in [0.29, 0.717) is 6.61 Å². The highest BCUT2D eigenvalue weighted by Crippen LogP contribution is 2.29. The molecule has 1 N–H and O–H groups in total. The van der Waals surface area contributed by atoms with E-state index >= 15 is 0 Å². The maximum absolute atomic E-state index is 10.6. The van der Waals surface area contributed by atoms with Crippen LogP contribution in [0.15, 0.2) is 83.8 Å². The molecule has 0 spiro atoms. The summed E-state index contributed by atoms with van der Waals surface area (Å²) >= 11 is 0. The van der Waals surface area contributed by atoms with Crippen LogP contribution in [0.25, 0.3) is 0 Å². The van der Waals surface area contributed by atoms with Gasteiger partial charge in [0.15, 0.2) is 0 Å². The molecule has 3 rings (SSSR count). The smallest absolute Gasteiger partial charge is 0.125 e. The van der Waals surface area contributed by atoms with Crippen LogP contribution in [0.1, 0.15) is 29.2 Å². The van der Waals surface area contributed by atoms with Crippen LogP contribution in [0.5, 0.6) is 5.75 Å². The lowest BCUT2D eigenvalue weighted by Crippen LogP contribution is -2.36. The van der Waals surface area contributed by atoms with E-state index < -0.39 is 16.2 Å². The van der Waals surface area contributed by atoms with Crippen molar-refractivity contribution in [3.8, 4) is 5.75 Å². The zero-order valence-corrected chi connectivity index (χ0v) is 20.5. The molecular formula is C26H33NO5S. The summed E-state index contributed by atoms with van der Waals surface area (Å²) in [6.07, 6.45) is 0.329. The Morgan fingerprint density at radius 1 is 0.909 bits per heavy atom. The Kier molecular flexibility index (Phi) is 9.61. The fourth-order valence-corrected chi connectivity index (χ4v) is 3.55. The zero-order valence-electron chi connectivity index (χ0n) is 19.6. The van der Waals surface area contributed by atoms with Crippen LogP contribution in [-0.2, 0) is 10.1 Å². The van der Waals surface area contributed by atoms with Gasteiger partial charge in [0.25, 0.3) is 0 Å². The van der Waals surface area contributed by atoms with Gasteiger partial charge in [-0.05, 0) is 30.7 Å². The van der Waals surface area contributed by atoms with Gasteiger partial charge in [-0.3, -0.25) is 0 Å². The van der Waals surface area contributed by atoms with Crippen molar-refractivity contribution in [3.63, 3.8) is 0 Å². The Morgan fingerprint density at radius 3 is 2.06 bits per heavy atom. The van der Waals surface area contributed by atoms with Crippen molar-refractivity contribution in [2.45, 2.75) is 24.3 Å². The highest BCUT2D eigenvalue weighted by Gasteiger charge is 2.15. The summed E-state index contributed by atoms with van der Waals surface area (Å²) in [5.41, 5.74) is 2.63. The number of hydrogen-bond donors (Lipinski definition) is 1. The van der Waals surface area contributed by atoms with Gasteiger partial charge in [-0.15, -0.1) is 0 Å². The topological polar surface area (TPSA) is 86.7 Å². The van der Waals surface area contributed by atoms with Crippen LogP contribution < -0.4 is 4.74 Å². The molecule has 0 aliphatic rings. The van der Waals surface area contributed by atoms with Crippen molar-refractivity contribution in [3.05, 3.63) is 95.6 Å². The van der Waals surface area contributed by atoms with Gasteiger partial charge in [-0.1, -0.05) is 66.2 Å². The Bertz CT molecular complexity index is 1090. The van der Waals surface area contributed by atoms with Crippen LogP contribution in [-0.4, -0.2) is 56.9 Å². The summed E-state index contributed by atoms with van der Waals surface area (Å²) < 4.78 is 38.0. The number of nitrogens with zero attached hydrogens (tertiary/aromatic N) is 1. The third-order valence-corrected chi connectivity index (χ3v) is 5.72. The number of benzene rings is 3. The van der Waals surface area contributed by atoms with Crippen molar-refractivity contribution >= 4 is 10.1 Å². The standard InChI is InChI=1S/C19H26NO2.C7H8O3S/c1-20(2,3)14-9-15-22-18-13-8-7-12-17(18)19(21)16-10-5-4-6-11-16;1-6-2-4-7(5-3-6)11(8,9)10/h4-8,10-13,19,21H,9,14-15H2,1-3H3;2-5H,1H3,(H,8,9,10)/q+1;/p-1. The second kappa shape index (κ2) is 12.0. The van der Waals surface area contributed by atoms with E-state index in [9.17, 15) is 18.1 Å². The lowest BCUT2D eigenvalue weighted by atomic mass is 10.0. The number of para-hydroxylation sites is 1. The number of aliphatic hydroxyl groups excluding tert-OH is 1. The quantitative estimate of drug-likeness (QED) is 0.303. The van der Waals surface area contributed by atoms with E-state index in [1.165, 1.54) is 12.1 Å². The highest BCUT2D eigenvalue weighted by atomic mass is 32.2. The van der Waals surface area contributed by atoms with Crippen LogP contribution in [0.2, 0.25) is 0 Å². The fraction of sp³-hybridized carbons (Fsp3) is 0.308. The first-order valence-electron chi connectivity index (χ1n) is 10.7. The molecule has 6 nitrogen and oxygen atoms in total. The van der Waals surface area contributed by atoms with Gasteiger partial charge in [0, 0.05) is 12.0 Å². The maximum atomic E-state index is 10.6. The number of aryl methyl sites for hydroxylation is 1. The Balaban J connectivity index is 0.000000294. The number of rotatable bonds is 8. The van der Waals surface area contributed by atoms with Gasteiger partial charge in [-0.2, -0.15) is 0 Å². The molecule has 7 heteroatoms. The van der Waals surface area contributed by atoms with Crippen LogP contribution in [0.3, 0.4) is 0 Å². The highest BCUT2D eigenvalue weighted by molar-refractivity contribution is 7.85. The van der Waals surface area contributed by atoms with Crippen molar-refractivity contribution in [1.29, 1.82) is 0 Å². The van der Waals surface area contributed by atoms with Crippen LogP contribution in [0, 0.1) is 6.92 Å². The van der Waals surface area contributed by atoms with Crippen molar-refractivity contribution < 1.29 is 27.3 Å². The molecule has 0 aliphatic heterocycles. The van der Waals surface area contributed by atoms with Gasteiger partial charge >= 0.3 is 0 Å². The molecule has 0 aromatic heterocycles. The van der Waals surface area contributed by atoms with Gasteiger partial charge in [0.1, 0.15) is 22.0 Å². The van der Waals surface area contributed by atoms with Crippen molar-refractivity contribution in [2.24, 2.45) is 0 Å². The minimum atomic E-state index is -4.27. The summed E-state index contributed by atoms with van der Waals surface area (Å²) in [5.74, 6) is 0.764. The first kappa shape index (κ1) is 26.5. The monoisotopic (exact) mass is 471 g/mol. The van der Waals surface area contributed by atoms with E-state index in [-0.39, 0.29) is 4.90 Å². The summed E-state index contributed by atoms with van der Waals surface area (Å²) in [4.78, 5) is -0.178. The summed E-state index contributed by atoms with van der Waals surface area (Å²) in [6.45, 7) is 3.54. The fourth-order valence-electron chi connectivity index (χ4n) is 3.08. The van der Waals surface area contributed by atoms with E-state index in [1.807, 2.05) is 61.5 Å². The summed E-state index contributed by atoms with van der Waals surface area (Å²) in [7, 11) is 2.25.